The van der Waals surface area contributed by atoms with Gasteiger partial charge in [-0.25, -0.2) is 0 Å². The molecule has 1 aliphatic carbocycles. The summed E-state index contributed by atoms with van der Waals surface area (Å²) in [6.07, 6.45) is 5.32. The monoisotopic (exact) mass is 334 g/mol. The van der Waals surface area contributed by atoms with E-state index in [2.05, 4.69) is 58.1 Å². The Balaban J connectivity index is 2.05. The molecule has 1 aliphatic rings. The van der Waals surface area contributed by atoms with Crippen LogP contribution >= 0.6 is 0 Å². The predicted molar refractivity (Wildman–Crippen MR) is 101 cm³/mol. The molecule has 0 bridgehead atoms. The van der Waals surface area contributed by atoms with E-state index in [-0.39, 0.29) is 16.6 Å². The second-order valence-electron chi connectivity index (χ2n) is 8.77. The minimum absolute atomic E-state index is 0.111. The average molecular weight is 335 g/mol. The van der Waals surface area contributed by atoms with Crippen molar-refractivity contribution in [1.29, 1.82) is 0 Å². The molecule has 1 aromatic carbocycles. The second kappa shape index (κ2) is 6.58. The highest BCUT2D eigenvalue weighted by molar-refractivity contribution is 6.74. The number of hydrogen-bond donors (Lipinski definition) is 2. The average Bonchev–Trinajstić information content (AvgIpc) is 2.43. The topological polar surface area (TPSA) is 61.3 Å². The molecule has 0 radical (unpaired) electrons. The van der Waals surface area contributed by atoms with Crippen LogP contribution in [0.4, 0.5) is 0 Å². The molecule has 0 saturated heterocycles. The van der Waals surface area contributed by atoms with E-state index in [1.807, 2.05) is 0 Å². The summed E-state index contributed by atoms with van der Waals surface area (Å²) in [5, 5.41) is 0.210. The fraction of sp³-hybridized carbons (Fsp3) is 0.684. The zero-order valence-corrected chi connectivity index (χ0v) is 16.5. The van der Waals surface area contributed by atoms with Crippen LogP contribution in [-0.2, 0) is 6.42 Å². The molecule has 0 spiro atoms. The highest BCUT2D eigenvalue weighted by Gasteiger charge is 2.39. The van der Waals surface area contributed by atoms with E-state index >= 15 is 0 Å². The van der Waals surface area contributed by atoms with E-state index in [1.165, 1.54) is 18.4 Å². The highest BCUT2D eigenvalue weighted by atomic mass is 28.4. The van der Waals surface area contributed by atoms with Crippen molar-refractivity contribution < 1.29 is 4.43 Å². The number of nitrogens with two attached hydrogens (primary N) is 2. The lowest BCUT2D eigenvalue weighted by atomic mass is 9.75. The summed E-state index contributed by atoms with van der Waals surface area (Å²) in [7, 11) is -1.78. The quantitative estimate of drug-likeness (QED) is 0.811. The van der Waals surface area contributed by atoms with Crippen molar-refractivity contribution in [3.63, 3.8) is 0 Å². The van der Waals surface area contributed by atoms with Gasteiger partial charge in [0.2, 0.25) is 8.32 Å². The van der Waals surface area contributed by atoms with E-state index in [1.54, 1.807) is 0 Å². The first-order valence-electron chi connectivity index (χ1n) is 8.86. The van der Waals surface area contributed by atoms with Crippen LogP contribution < -0.4 is 15.9 Å². The molecule has 4 heteroatoms. The molecule has 4 N–H and O–H groups in total. The Labute approximate surface area is 142 Å². The van der Waals surface area contributed by atoms with Gasteiger partial charge in [-0.05, 0) is 55.1 Å². The first-order chi connectivity index (χ1) is 10.5. The highest BCUT2D eigenvalue weighted by Crippen LogP contribution is 2.37. The molecular formula is C19H34N2OSi. The standard InChI is InChI=1S/C19H34N2OSi/c1-18(2,3)23(4,5)22-16-11-9-15(10-12-16)14-19(21)13-7-6-8-17(19)20/h9-12,17H,6-8,13-14,20-21H2,1-5H3. The summed E-state index contributed by atoms with van der Waals surface area (Å²) in [4.78, 5) is 0. The normalized spacial score (nSPS) is 26.1. The van der Waals surface area contributed by atoms with Gasteiger partial charge in [0, 0.05) is 11.6 Å². The molecular weight excluding hydrogens is 300 g/mol. The molecule has 0 heterocycles. The third kappa shape index (κ3) is 4.37. The fourth-order valence-electron chi connectivity index (χ4n) is 3.01. The predicted octanol–water partition coefficient (Wildman–Crippen LogP) is 4.21. The zero-order chi connectivity index (χ0) is 17.3. The maximum absolute atomic E-state index is 6.58. The Morgan fingerprint density at radius 2 is 1.78 bits per heavy atom. The van der Waals surface area contributed by atoms with Crippen LogP contribution in [0, 0.1) is 0 Å². The van der Waals surface area contributed by atoms with Gasteiger partial charge in [-0.15, -0.1) is 0 Å². The Morgan fingerprint density at radius 3 is 2.30 bits per heavy atom. The van der Waals surface area contributed by atoms with Crippen LogP contribution in [0.3, 0.4) is 0 Å². The zero-order valence-electron chi connectivity index (χ0n) is 15.5. The molecule has 3 nitrogen and oxygen atoms in total. The van der Waals surface area contributed by atoms with Gasteiger partial charge in [-0.1, -0.05) is 45.7 Å². The third-order valence-corrected chi connectivity index (χ3v) is 10.1. The summed E-state index contributed by atoms with van der Waals surface area (Å²) < 4.78 is 6.34. The van der Waals surface area contributed by atoms with Crippen molar-refractivity contribution in [1.82, 2.24) is 0 Å². The van der Waals surface area contributed by atoms with Crippen LogP contribution in [0.5, 0.6) is 5.75 Å². The van der Waals surface area contributed by atoms with Gasteiger partial charge >= 0.3 is 0 Å². The molecule has 1 saturated carbocycles. The van der Waals surface area contributed by atoms with Crippen LogP contribution in [-0.4, -0.2) is 19.9 Å². The van der Waals surface area contributed by atoms with Gasteiger partial charge in [0.05, 0.1) is 0 Å². The van der Waals surface area contributed by atoms with Crippen LogP contribution in [0.15, 0.2) is 24.3 Å². The molecule has 130 valence electrons. The van der Waals surface area contributed by atoms with Gasteiger partial charge < -0.3 is 15.9 Å². The maximum atomic E-state index is 6.58. The minimum atomic E-state index is -1.78. The molecule has 1 fully saturated rings. The Morgan fingerprint density at radius 1 is 1.17 bits per heavy atom. The second-order valence-corrected chi connectivity index (χ2v) is 13.5. The minimum Gasteiger partial charge on any atom is -0.544 e. The Bertz CT molecular complexity index is 521. The summed E-state index contributed by atoms with van der Waals surface area (Å²) in [5.74, 6) is 0.972. The van der Waals surface area contributed by atoms with E-state index in [4.69, 9.17) is 15.9 Å². The fourth-order valence-corrected chi connectivity index (χ4v) is 4.05. The summed E-state index contributed by atoms with van der Waals surface area (Å²) in [6, 6.07) is 8.59. The molecule has 2 atom stereocenters. The molecule has 2 rings (SSSR count). The van der Waals surface area contributed by atoms with E-state index in [0.29, 0.717) is 0 Å². The summed E-state index contributed by atoms with van der Waals surface area (Å²) in [5.41, 5.74) is 13.9. The number of benzene rings is 1. The largest absolute Gasteiger partial charge is 0.544 e. The van der Waals surface area contributed by atoms with Crippen molar-refractivity contribution in [3.8, 4) is 5.75 Å². The Kier molecular flexibility index (Phi) is 5.29. The van der Waals surface area contributed by atoms with E-state index in [0.717, 1.165) is 25.0 Å². The van der Waals surface area contributed by atoms with Gasteiger partial charge in [0.15, 0.2) is 0 Å². The lowest BCUT2D eigenvalue weighted by Crippen LogP contribution is -2.58. The summed E-state index contributed by atoms with van der Waals surface area (Å²) in [6.45, 7) is 11.3. The first kappa shape index (κ1) is 18.5. The molecule has 0 aliphatic heterocycles. The van der Waals surface area contributed by atoms with E-state index < -0.39 is 8.32 Å². The maximum Gasteiger partial charge on any atom is 0.250 e. The number of rotatable bonds is 4. The van der Waals surface area contributed by atoms with Gasteiger partial charge in [0.1, 0.15) is 5.75 Å². The molecule has 0 aromatic heterocycles. The van der Waals surface area contributed by atoms with Crippen molar-refractivity contribution in [2.24, 2.45) is 11.5 Å². The molecule has 0 amide bonds. The third-order valence-electron chi connectivity index (χ3n) is 5.78. The van der Waals surface area contributed by atoms with Crippen molar-refractivity contribution in [2.75, 3.05) is 0 Å². The van der Waals surface area contributed by atoms with Crippen molar-refractivity contribution >= 4 is 8.32 Å². The van der Waals surface area contributed by atoms with Crippen molar-refractivity contribution in [2.45, 2.75) is 82.6 Å². The van der Waals surface area contributed by atoms with Crippen LogP contribution in [0.1, 0.15) is 52.0 Å². The van der Waals surface area contributed by atoms with Gasteiger partial charge in [0.25, 0.3) is 0 Å². The molecule has 23 heavy (non-hydrogen) atoms. The SMILES string of the molecule is CC(C)(C)[Si](C)(C)Oc1ccc(CC2(N)CCCCC2N)cc1. The Hall–Kier alpha value is -0.843. The molecule has 1 aromatic rings. The van der Waals surface area contributed by atoms with Gasteiger partial charge in [-0.2, -0.15) is 0 Å². The van der Waals surface area contributed by atoms with Crippen LogP contribution in [0.25, 0.3) is 0 Å². The lowest BCUT2D eigenvalue weighted by molar-refractivity contribution is 0.251. The van der Waals surface area contributed by atoms with Crippen LogP contribution in [0.2, 0.25) is 18.1 Å². The van der Waals surface area contributed by atoms with Gasteiger partial charge in [-0.3, -0.25) is 0 Å². The lowest BCUT2D eigenvalue weighted by Gasteiger charge is -2.39. The molecule has 2 unspecified atom stereocenters. The number of hydrogen-bond acceptors (Lipinski definition) is 3. The summed E-state index contributed by atoms with van der Waals surface area (Å²) >= 11 is 0. The first-order valence-corrected chi connectivity index (χ1v) is 11.8. The van der Waals surface area contributed by atoms with Crippen molar-refractivity contribution in [3.05, 3.63) is 29.8 Å². The van der Waals surface area contributed by atoms with E-state index in [9.17, 15) is 0 Å². The smallest absolute Gasteiger partial charge is 0.250 e.